The highest BCUT2D eigenvalue weighted by molar-refractivity contribution is 5.69. The second-order valence-electron chi connectivity index (χ2n) is 4.44. The smallest absolute Gasteiger partial charge is 0.327 e. The largest absolute Gasteiger partial charge is 0.464 e. The van der Waals surface area contributed by atoms with Gasteiger partial charge in [-0.1, -0.05) is 27.2 Å². The Morgan fingerprint density at radius 2 is 2.05 bits per heavy atom. The summed E-state index contributed by atoms with van der Waals surface area (Å²) in [5.41, 5.74) is 0.906. The Hall–Kier alpha value is -1.92. The van der Waals surface area contributed by atoms with Gasteiger partial charge in [-0.2, -0.15) is 5.10 Å². The van der Waals surface area contributed by atoms with Gasteiger partial charge in [0, 0.05) is 0 Å². The third kappa shape index (κ3) is 3.79. The predicted octanol–water partition coefficient (Wildman–Crippen LogP) is 2.26. The van der Waals surface area contributed by atoms with Crippen LogP contribution in [0, 0.1) is 10.1 Å². The molecule has 0 saturated carbocycles. The van der Waals surface area contributed by atoms with E-state index >= 15 is 0 Å². The molecule has 7 heteroatoms. The van der Waals surface area contributed by atoms with Gasteiger partial charge in [-0.25, -0.2) is 0 Å². The maximum Gasteiger partial charge on any atom is 0.327 e. The standard InChI is InChI=1S/C13H21N3O4/c1-4-7-8-20-12(17)9-15-11(6-3)13(16(18)19)10(5-2)14-15/h4-9H2,1-3H3. The number of nitrogens with zero attached hydrogens (tertiary/aromatic N) is 3. The molecule has 0 radical (unpaired) electrons. The van der Waals surface area contributed by atoms with Crippen LogP contribution < -0.4 is 0 Å². The number of aryl methyl sites for hydroxylation is 1. The summed E-state index contributed by atoms with van der Waals surface area (Å²) in [5, 5.41) is 15.3. The molecule has 0 aliphatic carbocycles. The number of carbonyl (C=O) groups is 1. The lowest BCUT2D eigenvalue weighted by Gasteiger charge is -2.06. The van der Waals surface area contributed by atoms with Gasteiger partial charge in [-0.15, -0.1) is 0 Å². The highest BCUT2D eigenvalue weighted by atomic mass is 16.6. The van der Waals surface area contributed by atoms with Gasteiger partial charge in [0.15, 0.2) is 0 Å². The maximum atomic E-state index is 11.7. The van der Waals surface area contributed by atoms with Crippen LogP contribution in [0.1, 0.15) is 45.0 Å². The van der Waals surface area contributed by atoms with E-state index in [1.165, 1.54) is 4.68 Å². The second-order valence-corrected chi connectivity index (χ2v) is 4.44. The summed E-state index contributed by atoms with van der Waals surface area (Å²) in [6.45, 7) is 5.92. The van der Waals surface area contributed by atoms with Crippen molar-refractivity contribution < 1.29 is 14.5 Å². The molecule has 0 aliphatic rings. The molecule has 0 spiro atoms. The minimum Gasteiger partial charge on any atom is -0.464 e. The topological polar surface area (TPSA) is 87.3 Å². The first-order chi connectivity index (χ1) is 9.54. The molecule has 0 amide bonds. The molecule has 0 atom stereocenters. The number of unbranched alkanes of at least 4 members (excludes halogenated alkanes) is 1. The second kappa shape index (κ2) is 7.62. The van der Waals surface area contributed by atoms with Gasteiger partial charge in [-0.3, -0.25) is 19.6 Å². The Morgan fingerprint density at radius 1 is 1.35 bits per heavy atom. The Bertz CT molecular complexity index is 482. The Morgan fingerprint density at radius 3 is 2.55 bits per heavy atom. The van der Waals surface area contributed by atoms with Crippen LogP contribution in [0.25, 0.3) is 0 Å². The van der Waals surface area contributed by atoms with Gasteiger partial charge in [0.25, 0.3) is 0 Å². The van der Waals surface area contributed by atoms with E-state index in [1.807, 2.05) is 13.8 Å². The van der Waals surface area contributed by atoms with E-state index in [9.17, 15) is 14.9 Å². The fourth-order valence-electron chi connectivity index (χ4n) is 1.97. The lowest BCUT2D eigenvalue weighted by atomic mass is 10.2. The fraction of sp³-hybridized carbons (Fsp3) is 0.692. The third-order valence-electron chi connectivity index (χ3n) is 2.99. The Balaban J connectivity index is 2.89. The van der Waals surface area contributed by atoms with E-state index in [2.05, 4.69) is 5.10 Å². The van der Waals surface area contributed by atoms with Crippen molar-refractivity contribution in [2.45, 2.75) is 53.0 Å². The molecular formula is C13H21N3O4. The molecule has 112 valence electrons. The minimum absolute atomic E-state index is 0.0244. The zero-order valence-corrected chi connectivity index (χ0v) is 12.2. The summed E-state index contributed by atoms with van der Waals surface area (Å²) in [7, 11) is 0. The average Bonchev–Trinajstić information content (AvgIpc) is 2.76. The summed E-state index contributed by atoms with van der Waals surface area (Å²) in [6, 6.07) is 0. The zero-order valence-electron chi connectivity index (χ0n) is 12.2. The molecule has 0 aromatic carbocycles. The van der Waals surface area contributed by atoms with E-state index in [0.717, 1.165) is 12.8 Å². The number of ether oxygens (including phenoxy) is 1. The molecular weight excluding hydrogens is 262 g/mol. The lowest BCUT2D eigenvalue weighted by Crippen LogP contribution is -2.17. The lowest BCUT2D eigenvalue weighted by molar-refractivity contribution is -0.386. The maximum absolute atomic E-state index is 11.7. The quantitative estimate of drug-likeness (QED) is 0.316. The summed E-state index contributed by atoms with van der Waals surface area (Å²) in [5.74, 6) is -0.409. The van der Waals surface area contributed by atoms with Crippen molar-refractivity contribution in [2.75, 3.05) is 6.61 Å². The van der Waals surface area contributed by atoms with Crippen LogP contribution >= 0.6 is 0 Å². The van der Waals surface area contributed by atoms with Gasteiger partial charge >= 0.3 is 11.7 Å². The van der Waals surface area contributed by atoms with Crippen LogP contribution in [0.4, 0.5) is 5.69 Å². The normalized spacial score (nSPS) is 10.6. The minimum atomic E-state index is -0.427. The molecule has 0 unspecified atom stereocenters. The number of aromatic nitrogens is 2. The van der Waals surface area contributed by atoms with Crippen molar-refractivity contribution in [1.82, 2.24) is 9.78 Å². The third-order valence-corrected chi connectivity index (χ3v) is 2.99. The van der Waals surface area contributed by atoms with Crippen LogP contribution in [0.2, 0.25) is 0 Å². The summed E-state index contributed by atoms with van der Waals surface area (Å²) >= 11 is 0. The number of esters is 1. The fourth-order valence-corrected chi connectivity index (χ4v) is 1.97. The van der Waals surface area contributed by atoms with Crippen LogP contribution in [0.5, 0.6) is 0 Å². The van der Waals surface area contributed by atoms with Gasteiger partial charge in [-0.05, 0) is 19.3 Å². The predicted molar refractivity (Wildman–Crippen MR) is 73.5 cm³/mol. The van der Waals surface area contributed by atoms with E-state index in [1.54, 1.807) is 6.92 Å². The van der Waals surface area contributed by atoms with E-state index < -0.39 is 10.9 Å². The highest BCUT2D eigenvalue weighted by Crippen LogP contribution is 2.24. The SMILES string of the molecule is CCCCOC(=O)Cn1nc(CC)c([N+](=O)[O-])c1CC. The van der Waals surface area contributed by atoms with Gasteiger partial charge < -0.3 is 4.74 Å². The van der Waals surface area contributed by atoms with Crippen molar-refractivity contribution in [3.8, 4) is 0 Å². The molecule has 0 bridgehead atoms. The van der Waals surface area contributed by atoms with Crippen molar-refractivity contribution in [3.63, 3.8) is 0 Å². The molecule has 7 nitrogen and oxygen atoms in total. The number of nitro groups is 1. The molecule has 0 N–H and O–H groups in total. The Kier molecular flexibility index (Phi) is 6.14. The Labute approximate surface area is 118 Å². The first kappa shape index (κ1) is 16.1. The molecule has 0 saturated heterocycles. The van der Waals surface area contributed by atoms with Crippen LogP contribution in [-0.4, -0.2) is 27.3 Å². The van der Waals surface area contributed by atoms with Gasteiger partial charge in [0.1, 0.15) is 17.9 Å². The summed E-state index contributed by atoms with van der Waals surface area (Å²) < 4.78 is 6.45. The first-order valence-corrected chi connectivity index (χ1v) is 6.93. The van der Waals surface area contributed by atoms with Crippen LogP contribution in [0.3, 0.4) is 0 Å². The number of hydrogen-bond donors (Lipinski definition) is 0. The first-order valence-electron chi connectivity index (χ1n) is 6.93. The zero-order chi connectivity index (χ0) is 15.1. The average molecular weight is 283 g/mol. The van der Waals surface area contributed by atoms with Crippen molar-refractivity contribution in [2.24, 2.45) is 0 Å². The van der Waals surface area contributed by atoms with Crippen molar-refractivity contribution in [1.29, 1.82) is 0 Å². The molecule has 1 aromatic heterocycles. The molecule has 1 heterocycles. The monoisotopic (exact) mass is 283 g/mol. The molecule has 1 aromatic rings. The summed E-state index contributed by atoms with van der Waals surface area (Å²) in [6.07, 6.45) is 2.67. The van der Waals surface area contributed by atoms with Crippen molar-refractivity contribution in [3.05, 3.63) is 21.5 Å². The summed E-state index contributed by atoms with van der Waals surface area (Å²) in [4.78, 5) is 22.4. The van der Waals surface area contributed by atoms with Crippen LogP contribution in [0.15, 0.2) is 0 Å². The van der Waals surface area contributed by atoms with E-state index in [-0.39, 0.29) is 12.2 Å². The number of rotatable bonds is 8. The van der Waals surface area contributed by atoms with E-state index in [4.69, 9.17) is 4.74 Å². The van der Waals surface area contributed by atoms with Crippen molar-refractivity contribution >= 4 is 11.7 Å². The van der Waals surface area contributed by atoms with Gasteiger partial charge in [0.05, 0.1) is 11.5 Å². The molecule has 1 rings (SSSR count). The molecule has 0 aliphatic heterocycles. The van der Waals surface area contributed by atoms with Crippen LogP contribution in [-0.2, 0) is 28.9 Å². The molecule has 0 fully saturated rings. The number of carbonyl (C=O) groups excluding carboxylic acids is 1. The number of hydrogen-bond acceptors (Lipinski definition) is 5. The van der Waals surface area contributed by atoms with E-state index in [0.29, 0.717) is 30.8 Å². The highest BCUT2D eigenvalue weighted by Gasteiger charge is 2.26. The molecule has 20 heavy (non-hydrogen) atoms. The van der Waals surface area contributed by atoms with Gasteiger partial charge in [0.2, 0.25) is 0 Å².